The molecule has 2 aromatic carbocycles. The van der Waals surface area contributed by atoms with E-state index in [4.69, 9.17) is 4.74 Å². The van der Waals surface area contributed by atoms with Crippen LogP contribution in [0.25, 0.3) is 0 Å². The highest BCUT2D eigenvalue weighted by Gasteiger charge is 2.33. The number of fused-ring (bicyclic) bond motifs is 1. The Kier molecular flexibility index (Phi) is 4.46. The second kappa shape index (κ2) is 6.55. The first-order chi connectivity index (χ1) is 11.4. The SMILES string of the molecule is O=C(NCc1ccccc1C(F)(F)F)C1COc2ccccc2C1. The molecular weight excluding hydrogens is 319 g/mol. The first-order valence-corrected chi connectivity index (χ1v) is 7.58. The van der Waals surface area contributed by atoms with Crippen LogP contribution < -0.4 is 10.1 Å². The van der Waals surface area contributed by atoms with E-state index in [9.17, 15) is 18.0 Å². The summed E-state index contributed by atoms with van der Waals surface area (Å²) in [5, 5.41) is 2.59. The molecule has 1 aliphatic rings. The Hall–Kier alpha value is -2.50. The summed E-state index contributed by atoms with van der Waals surface area (Å²) in [5.41, 5.74) is 0.255. The minimum atomic E-state index is -4.44. The fraction of sp³-hybridized carbons (Fsp3) is 0.278. The third-order valence-corrected chi connectivity index (χ3v) is 4.03. The third kappa shape index (κ3) is 3.53. The number of carbonyl (C=O) groups is 1. The quantitative estimate of drug-likeness (QED) is 0.931. The van der Waals surface area contributed by atoms with Gasteiger partial charge in [0.2, 0.25) is 5.91 Å². The number of hydrogen-bond acceptors (Lipinski definition) is 2. The lowest BCUT2D eigenvalue weighted by molar-refractivity contribution is -0.138. The predicted octanol–water partition coefficient (Wildman–Crippen LogP) is 3.57. The van der Waals surface area contributed by atoms with Crippen LogP contribution in [0.15, 0.2) is 48.5 Å². The van der Waals surface area contributed by atoms with Gasteiger partial charge in [-0.3, -0.25) is 4.79 Å². The standard InChI is InChI=1S/C18H16F3NO2/c19-18(20,21)15-7-3-1-6-13(15)10-22-17(23)14-9-12-5-2-4-8-16(12)24-11-14/h1-8,14H,9-11H2,(H,22,23). The Balaban J connectivity index is 1.65. The van der Waals surface area contributed by atoms with E-state index >= 15 is 0 Å². The number of carbonyl (C=O) groups excluding carboxylic acids is 1. The zero-order chi connectivity index (χ0) is 17.2. The van der Waals surface area contributed by atoms with Crippen molar-refractivity contribution in [3.8, 4) is 5.75 Å². The molecule has 1 unspecified atom stereocenters. The van der Waals surface area contributed by atoms with E-state index in [1.165, 1.54) is 18.2 Å². The van der Waals surface area contributed by atoms with Crippen molar-refractivity contribution in [3.63, 3.8) is 0 Å². The maximum Gasteiger partial charge on any atom is 0.416 e. The van der Waals surface area contributed by atoms with Crippen molar-refractivity contribution in [1.82, 2.24) is 5.32 Å². The fourth-order valence-electron chi connectivity index (χ4n) is 2.77. The molecule has 0 aliphatic carbocycles. The lowest BCUT2D eigenvalue weighted by atomic mass is 9.96. The highest BCUT2D eigenvalue weighted by atomic mass is 19.4. The third-order valence-electron chi connectivity index (χ3n) is 4.03. The summed E-state index contributed by atoms with van der Waals surface area (Å²) in [7, 11) is 0. The Bertz CT molecular complexity index is 743. The van der Waals surface area contributed by atoms with Crippen LogP contribution in [0.2, 0.25) is 0 Å². The van der Waals surface area contributed by atoms with Crippen molar-refractivity contribution >= 4 is 5.91 Å². The molecule has 0 fully saturated rings. The molecule has 6 heteroatoms. The highest BCUT2D eigenvalue weighted by molar-refractivity contribution is 5.79. The van der Waals surface area contributed by atoms with E-state index in [-0.39, 0.29) is 24.6 Å². The molecule has 0 bridgehead atoms. The maximum absolute atomic E-state index is 13.0. The zero-order valence-corrected chi connectivity index (χ0v) is 12.8. The van der Waals surface area contributed by atoms with Gasteiger partial charge in [0.05, 0.1) is 11.5 Å². The van der Waals surface area contributed by atoms with Crippen molar-refractivity contribution in [1.29, 1.82) is 0 Å². The minimum absolute atomic E-state index is 0.0514. The van der Waals surface area contributed by atoms with Crippen LogP contribution in [0, 0.1) is 5.92 Å². The number of halogens is 3. The molecule has 24 heavy (non-hydrogen) atoms. The molecule has 3 rings (SSSR count). The Morgan fingerprint density at radius 2 is 1.83 bits per heavy atom. The van der Waals surface area contributed by atoms with Gasteiger partial charge in [0.25, 0.3) is 0 Å². The largest absolute Gasteiger partial charge is 0.492 e. The molecule has 0 spiro atoms. The Morgan fingerprint density at radius 3 is 2.62 bits per heavy atom. The van der Waals surface area contributed by atoms with Gasteiger partial charge < -0.3 is 10.1 Å². The van der Waals surface area contributed by atoms with Crippen molar-refractivity contribution in [2.45, 2.75) is 19.1 Å². The number of benzene rings is 2. The molecule has 2 aromatic rings. The first kappa shape index (κ1) is 16.4. The normalized spacial score (nSPS) is 16.9. The molecule has 0 aromatic heterocycles. The van der Waals surface area contributed by atoms with Gasteiger partial charge >= 0.3 is 6.18 Å². The molecule has 1 N–H and O–H groups in total. The molecule has 3 nitrogen and oxygen atoms in total. The van der Waals surface area contributed by atoms with Gasteiger partial charge in [-0.15, -0.1) is 0 Å². The molecule has 1 aliphatic heterocycles. The molecular formula is C18H16F3NO2. The second-order valence-electron chi connectivity index (χ2n) is 5.69. The second-order valence-corrected chi connectivity index (χ2v) is 5.69. The van der Waals surface area contributed by atoms with Gasteiger partial charge in [-0.1, -0.05) is 36.4 Å². The zero-order valence-electron chi connectivity index (χ0n) is 12.8. The molecule has 0 saturated heterocycles. The summed E-state index contributed by atoms with van der Waals surface area (Å²) in [4.78, 5) is 12.3. The number of rotatable bonds is 3. The summed E-state index contributed by atoms with van der Waals surface area (Å²) in [5.74, 6) is 0.0448. The van der Waals surface area contributed by atoms with Gasteiger partial charge in [-0.05, 0) is 29.7 Å². The van der Waals surface area contributed by atoms with Crippen molar-refractivity contribution in [3.05, 3.63) is 65.2 Å². The number of hydrogen-bond donors (Lipinski definition) is 1. The molecule has 1 atom stereocenters. The summed E-state index contributed by atoms with van der Waals surface area (Å²) < 4.78 is 44.4. The number of nitrogens with one attached hydrogen (secondary N) is 1. The van der Waals surface area contributed by atoms with Crippen molar-refractivity contribution in [2.24, 2.45) is 5.92 Å². The van der Waals surface area contributed by atoms with E-state index in [1.54, 1.807) is 0 Å². The molecule has 1 heterocycles. The maximum atomic E-state index is 13.0. The average molecular weight is 335 g/mol. The minimum Gasteiger partial charge on any atom is -0.492 e. The van der Waals surface area contributed by atoms with Crippen LogP contribution in [0.5, 0.6) is 5.75 Å². The molecule has 1 amide bonds. The summed E-state index contributed by atoms with van der Waals surface area (Å²) in [6.07, 6.45) is -3.92. The Morgan fingerprint density at radius 1 is 1.12 bits per heavy atom. The van der Waals surface area contributed by atoms with Crippen LogP contribution in [0.1, 0.15) is 16.7 Å². The van der Waals surface area contributed by atoms with Crippen LogP contribution in [-0.2, 0) is 23.9 Å². The molecule has 0 saturated carbocycles. The van der Waals surface area contributed by atoms with E-state index < -0.39 is 17.7 Å². The van der Waals surface area contributed by atoms with Gasteiger partial charge in [-0.2, -0.15) is 13.2 Å². The van der Waals surface area contributed by atoms with E-state index in [2.05, 4.69) is 5.32 Å². The summed E-state index contributed by atoms with van der Waals surface area (Å²) in [6, 6.07) is 12.7. The molecule has 126 valence electrons. The Labute approximate surface area is 137 Å². The van der Waals surface area contributed by atoms with Gasteiger partial charge in [0, 0.05) is 6.54 Å². The highest BCUT2D eigenvalue weighted by Crippen LogP contribution is 2.32. The van der Waals surface area contributed by atoms with Crippen LogP contribution in [-0.4, -0.2) is 12.5 Å². The topological polar surface area (TPSA) is 38.3 Å². The van der Waals surface area contributed by atoms with Gasteiger partial charge in [0.15, 0.2) is 0 Å². The molecule has 0 radical (unpaired) electrons. The number of alkyl halides is 3. The lowest BCUT2D eigenvalue weighted by Gasteiger charge is -2.24. The van der Waals surface area contributed by atoms with Gasteiger partial charge in [-0.25, -0.2) is 0 Å². The first-order valence-electron chi connectivity index (χ1n) is 7.58. The average Bonchev–Trinajstić information content (AvgIpc) is 2.58. The number of para-hydroxylation sites is 1. The number of ether oxygens (including phenoxy) is 1. The van der Waals surface area contributed by atoms with E-state index in [0.717, 1.165) is 17.4 Å². The van der Waals surface area contributed by atoms with Gasteiger partial charge in [0.1, 0.15) is 12.4 Å². The van der Waals surface area contributed by atoms with E-state index in [0.29, 0.717) is 6.42 Å². The monoisotopic (exact) mass is 335 g/mol. The fourth-order valence-corrected chi connectivity index (χ4v) is 2.77. The summed E-state index contributed by atoms with van der Waals surface area (Å²) in [6.45, 7) is 0.0659. The van der Waals surface area contributed by atoms with Crippen LogP contribution in [0.4, 0.5) is 13.2 Å². The number of amides is 1. The van der Waals surface area contributed by atoms with Crippen LogP contribution in [0.3, 0.4) is 0 Å². The predicted molar refractivity (Wildman–Crippen MR) is 82.4 cm³/mol. The smallest absolute Gasteiger partial charge is 0.416 e. The van der Waals surface area contributed by atoms with Crippen LogP contribution >= 0.6 is 0 Å². The lowest BCUT2D eigenvalue weighted by Crippen LogP contribution is -2.37. The van der Waals surface area contributed by atoms with Crippen molar-refractivity contribution in [2.75, 3.05) is 6.61 Å². The summed E-state index contributed by atoms with van der Waals surface area (Å²) >= 11 is 0. The van der Waals surface area contributed by atoms with Crippen molar-refractivity contribution < 1.29 is 22.7 Å². The van der Waals surface area contributed by atoms with E-state index in [1.807, 2.05) is 24.3 Å².